The van der Waals surface area contributed by atoms with Gasteiger partial charge >= 0.3 is 0 Å². The van der Waals surface area contributed by atoms with E-state index in [-0.39, 0.29) is 24.2 Å². The van der Waals surface area contributed by atoms with Crippen LogP contribution < -0.4 is 15.4 Å². The Kier molecular flexibility index (Phi) is 6.79. The highest BCUT2D eigenvalue weighted by Gasteiger charge is 2.25. The molecule has 0 aliphatic carbocycles. The molecule has 1 aliphatic heterocycles. The van der Waals surface area contributed by atoms with Gasteiger partial charge in [0.05, 0.1) is 5.69 Å². The number of halogens is 2. The minimum absolute atomic E-state index is 0. The lowest BCUT2D eigenvalue weighted by Gasteiger charge is -2.27. The van der Waals surface area contributed by atoms with Crippen LogP contribution in [0.5, 0.6) is 11.5 Å². The molecule has 2 aromatic rings. The number of carbonyl (C=O) groups excluding carboxylic acids is 1. The van der Waals surface area contributed by atoms with Gasteiger partial charge in [-0.3, -0.25) is 4.79 Å². The largest absolute Gasteiger partial charge is 0.455 e. The van der Waals surface area contributed by atoms with Gasteiger partial charge in [-0.1, -0.05) is 18.2 Å². The van der Waals surface area contributed by atoms with Gasteiger partial charge in [0.25, 0.3) is 0 Å². The Morgan fingerprint density at radius 2 is 2.00 bits per heavy atom. The molecule has 2 atom stereocenters. The van der Waals surface area contributed by atoms with E-state index >= 15 is 0 Å². The van der Waals surface area contributed by atoms with Gasteiger partial charge in [0, 0.05) is 18.0 Å². The van der Waals surface area contributed by atoms with E-state index in [4.69, 9.17) is 4.74 Å². The average molecular weight is 365 g/mol. The number of rotatable bonds is 4. The third-order valence-corrected chi connectivity index (χ3v) is 4.16. The molecule has 134 valence electrons. The van der Waals surface area contributed by atoms with Gasteiger partial charge in [-0.25, -0.2) is 4.39 Å². The van der Waals surface area contributed by atoms with E-state index in [1.807, 2.05) is 30.3 Å². The zero-order chi connectivity index (χ0) is 16.9. The average Bonchev–Trinajstić information content (AvgIpc) is 2.58. The minimum atomic E-state index is -0.413. The van der Waals surface area contributed by atoms with Crippen molar-refractivity contribution in [3.63, 3.8) is 0 Å². The summed E-state index contributed by atoms with van der Waals surface area (Å²) in [4.78, 5) is 12.5. The molecule has 1 fully saturated rings. The van der Waals surface area contributed by atoms with Crippen molar-refractivity contribution >= 4 is 24.0 Å². The summed E-state index contributed by atoms with van der Waals surface area (Å²) in [6, 6.07) is 13.7. The van der Waals surface area contributed by atoms with Crippen LogP contribution in [-0.4, -0.2) is 18.5 Å². The second kappa shape index (κ2) is 8.83. The van der Waals surface area contributed by atoms with Gasteiger partial charge in [-0.2, -0.15) is 0 Å². The number of carbonyl (C=O) groups is 1. The summed E-state index contributed by atoms with van der Waals surface area (Å²) in [5, 5.41) is 6.15. The fourth-order valence-corrected chi connectivity index (χ4v) is 2.91. The van der Waals surface area contributed by atoms with Crippen molar-refractivity contribution in [2.24, 2.45) is 5.92 Å². The molecular formula is C19H22ClFN2O2. The minimum Gasteiger partial charge on any atom is -0.455 e. The normalized spacial score (nSPS) is 19.6. The summed E-state index contributed by atoms with van der Waals surface area (Å²) in [7, 11) is 0. The van der Waals surface area contributed by atoms with Crippen LogP contribution in [0.15, 0.2) is 48.5 Å². The van der Waals surface area contributed by atoms with E-state index in [9.17, 15) is 9.18 Å². The van der Waals surface area contributed by atoms with Crippen LogP contribution in [0.1, 0.15) is 19.8 Å². The molecule has 0 saturated carbocycles. The fourth-order valence-electron chi connectivity index (χ4n) is 2.91. The molecule has 2 N–H and O–H groups in total. The Labute approximate surface area is 153 Å². The van der Waals surface area contributed by atoms with Crippen LogP contribution in [0.4, 0.5) is 10.1 Å². The summed E-state index contributed by atoms with van der Waals surface area (Å²) >= 11 is 0. The van der Waals surface area contributed by atoms with Crippen molar-refractivity contribution in [2.75, 3.05) is 11.9 Å². The Balaban J connectivity index is 0.00000225. The van der Waals surface area contributed by atoms with Crippen molar-refractivity contribution < 1.29 is 13.9 Å². The monoisotopic (exact) mass is 364 g/mol. The second-order valence-electron chi connectivity index (χ2n) is 6.12. The van der Waals surface area contributed by atoms with Gasteiger partial charge in [0.15, 0.2) is 5.75 Å². The summed E-state index contributed by atoms with van der Waals surface area (Å²) < 4.78 is 19.4. The first-order chi connectivity index (χ1) is 11.6. The van der Waals surface area contributed by atoms with Gasteiger partial charge < -0.3 is 15.4 Å². The van der Waals surface area contributed by atoms with Crippen molar-refractivity contribution in [3.8, 4) is 11.5 Å². The number of ether oxygens (including phenoxy) is 1. The number of hydrogen-bond acceptors (Lipinski definition) is 3. The van der Waals surface area contributed by atoms with Crippen LogP contribution >= 0.6 is 12.4 Å². The quantitative estimate of drug-likeness (QED) is 0.847. The van der Waals surface area contributed by atoms with E-state index in [2.05, 4.69) is 17.6 Å². The maximum Gasteiger partial charge on any atom is 0.227 e. The number of hydrogen-bond donors (Lipinski definition) is 2. The van der Waals surface area contributed by atoms with E-state index in [1.54, 1.807) is 0 Å². The zero-order valence-electron chi connectivity index (χ0n) is 14.0. The Morgan fingerprint density at radius 1 is 1.24 bits per heavy atom. The molecule has 1 amide bonds. The van der Waals surface area contributed by atoms with Crippen LogP contribution in [0.25, 0.3) is 0 Å². The second-order valence-corrected chi connectivity index (χ2v) is 6.12. The van der Waals surface area contributed by atoms with Gasteiger partial charge in [0.1, 0.15) is 11.6 Å². The third kappa shape index (κ3) is 5.18. The molecular weight excluding hydrogens is 343 g/mol. The SMILES string of the molecule is C[C@H]1C[C@@H](C(=O)Nc2cc(F)ccc2Oc2ccccc2)CCN1.Cl. The van der Waals surface area contributed by atoms with Crippen LogP contribution in [0.3, 0.4) is 0 Å². The highest BCUT2D eigenvalue weighted by atomic mass is 35.5. The number of piperidine rings is 1. The van der Waals surface area contributed by atoms with Gasteiger partial charge in [0.2, 0.25) is 5.91 Å². The predicted molar refractivity (Wildman–Crippen MR) is 99.0 cm³/mol. The molecule has 1 heterocycles. The first kappa shape index (κ1) is 19.2. The van der Waals surface area contributed by atoms with Gasteiger partial charge in [-0.05, 0) is 50.6 Å². The van der Waals surface area contributed by atoms with Crippen LogP contribution in [0.2, 0.25) is 0 Å². The molecule has 0 unspecified atom stereocenters. The Hall–Kier alpha value is -2.11. The molecule has 3 rings (SSSR count). The van der Waals surface area contributed by atoms with Crippen molar-refractivity contribution in [3.05, 3.63) is 54.3 Å². The first-order valence-electron chi connectivity index (χ1n) is 8.18. The fraction of sp³-hybridized carbons (Fsp3) is 0.316. The molecule has 4 nitrogen and oxygen atoms in total. The number of amides is 1. The van der Waals surface area contributed by atoms with Crippen molar-refractivity contribution in [2.45, 2.75) is 25.8 Å². The van der Waals surface area contributed by atoms with E-state index < -0.39 is 5.82 Å². The molecule has 25 heavy (non-hydrogen) atoms. The summed E-state index contributed by atoms with van der Waals surface area (Å²) in [5.74, 6) is 0.485. The summed E-state index contributed by atoms with van der Waals surface area (Å²) in [5.41, 5.74) is 0.357. The third-order valence-electron chi connectivity index (χ3n) is 4.16. The molecule has 0 aromatic heterocycles. The molecule has 0 bridgehead atoms. The smallest absolute Gasteiger partial charge is 0.227 e. The number of para-hydroxylation sites is 1. The molecule has 0 spiro atoms. The van der Waals surface area contributed by atoms with Crippen molar-refractivity contribution in [1.29, 1.82) is 0 Å². The summed E-state index contributed by atoms with van der Waals surface area (Å²) in [6.07, 6.45) is 1.55. The molecule has 1 aliphatic rings. The highest BCUT2D eigenvalue weighted by Crippen LogP contribution is 2.31. The first-order valence-corrected chi connectivity index (χ1v) is 8.18. The molecule has 1 saturated heterocycles. The maximum absolute atomic E-state index is 13.6. The Morgan fingerprint density at radius 3 is 2.72 bits per heavy atom. The van der Waals surface area contributed by atoms with E-state index in [1.165, 1.54) is 18.2 Å². The molecule has 6 heteroatoms. The highest BCUT2D eigenvalue weighted by molar-refractivity contribution is 5.94. The van der Waals surface area contributed by atoms with Crippen molar-refractivity contribution in [1.82, 2.24) is 5.32 Å². The van der Waals surface area contributed by atoms with Gasteiger partial charge in [-0.15, -0.1) is 12.4 Å². The lowest BCUT2D eigenvalue weighted by atomic mass is 9.92. The zero-order valence-corrected chi connectivity index (χ0v) is 14.8. The Bertz CT molecular complexity index is 712. The molecule has 0 radical (unpaired) electrons. The number of benzene rings is 2. The number of nitrogens with one attached hydrogen (secondary N) is 2. The maximum atomic E-state index is 13.6. The van der Waals surface area contributed by atoms with Crippen LogP contribution in [0, 0.1) is 11.7 Å². The van der Waals surface area contributed by atoms with E-state index in [0.29, 0.717) is 23.2 Å². The topological polar surface area (TPSA) is 50.4 Å². The van der Waals surface area contributed by atoms with Crippen LogP contribution in [-0.2, 0) is 4.79 Å². The standard InChI is InChI=1S/C19H21FN2O2.ClH/c1-13-11-14(9-10-21-13)19(23)22-17-12-15(20)7-8-18(17)24-16-5-3-2-4-6-16;/h2-8,12-14,21H,9-11H2,1H3,(H,22,23);1H/t13-,14-;/m0./s1. The lowest BCUT2D eigenvalue weighted by molar-refractivity contribution is -0.120. The lowest BCUT2D eigenvalue weighted by Crippen LogP contribution is -2.40. The summed E-state index contributed by atoms with van der Waals surface area (Å²) in [6.45, 7) is 2.88. The predicted octanol–water partition coefficient (Wildman–Crippen LogP) is 4.37. The molecule has 2 aromatic carbocycles. The number of anilines is 1. The van der Waals surface area contributed by atoms with E-state index in [0.717, 1.165) is 19.4 Å².